The zero-order chi connectivity index (χ0) is 21.6. The molecule has 7 heteroatoms. The Morgan fingerprint density at radius 1 is 1.00 bits per heavy atom. The monoisotopic (exact) mass is 442 g/mol. The van der Waals surface area contributed by atoms with Crippen molar-refractivity contribution in [1.29, 1.82) is 0 Å². The third-order valence-corrected chi connectivity index (χ3v) is 5.00. The molecule has 0 fully saturated rings. The summed E-state index contributed by atoms with van der Waals surface area (Å²) >= 11 is 0. The minimum atomic E-state index is -1.26. The van der Waals surface area contributed by atoms with E-state index in [1.165, 1.54) is 7.11 Å². The van der Waals surface area contributed by atoms with E-state index >= 15 is 0 Å². The highest BCUT2D eigenvalue weighted by molar-refractivity contribution is 5.85. The second kappa shape index (κ2) is 10.8. The number of methoxy groups -OCH3 is 2. The van der Waals surface area contributed by atoms with E-state index < -0.39 is 17.7 Å². The molecule has 3 aromatic rings. The van der Waals surface area contributed by atoms with Crippen LogP contribution in [0, 0.1) is 6.92 Å². The molecule has 0 amide bonds. The molecule has 0 aliphatic rings. The Morgan fingerprint density at radius 3 is 2.00 bits per heavy atom. The predicted octanol–water partition coefficient (Wildman–Crippen LogP) is 4.36. The molecular formula is C24H27ClN2O4. The van der Waals surface area contributed by atoms with E-state index in [0.717, 1.165) is 16.7 Å². The number of nitrogens with one attached hydrogen (secondary N) is 1. The van der Waals surface area contributed by atoms with Crippen molar-refractivity contribution < 1.29 is 19.0 Å². The number of carbonyl (C=O) groups excluding carboxylic acids is 1. The molecule has 1 atom stereocenters. The topological polar surface area (TPSA) is 69.7 Å². The number of hydrogen-bond acceptors (Lipinski definition) is 6. The van der Waals surface area contributed by atoms with Crippen LogP contribution in [-0.4, -0.2) is 38.3 Å². The summed E-state index contributed by atoms with van der Waals surface area (Å²) in [7, 11) is 4.66. The predicted molar refractivity (Wildman–Crippen MR) is 123 cm³/mol. The molecule has 0 bridgehead atoms. The third kappa shape index (κ3) is 4.81. The average molecular weight is 443 g/mol. The molecule has 0 radical (unpaired) electrons. The smallest absolute Gasteiger partial charge is 0.350 e. The fourth-order valence-electron chi connectivity index (χ4n) is 3.53. The molecule has 2 aromatic carbocycles. The van der Waals surface area contributed by atoms with Crippen LogP contribution in [0.5, 0.6) is 5.88 Å². The number of esters is 1. The summed E-state index contributed by atoms with van der Waals surface area (Å²) in [4.78, 5) is 17.5. The lowest BCUT2D eigenvalue weighted by molar-refractivity contribution is -0.164. The van der Waals surface area contributed by atoms with Gasteiger partial charge in [0.05, 0.1) is 12.8 Å². The van der Waals surface area contributed by atoms with Crippen LogP contribution in [0.2, 0.25) is 0 Å². The Labute approximate surface area is 189 Å². The number of pyridine rings is 1. The Morgan fingerprint density at radius 2 is 1.55 bits per heavy atom. The molecule has 164 valence electrons. The van der Waals surface area contributed by atoms with Crippen molar-refractivity contribution >= 4 is 24.1 Å². The van der Waals surface area contributed by atoms with Crippen LogP contribution in [0.4, 0.5) is 5.69 Å². The number of halogens is 1. The summed E-state index contributed by atoms with van der Waals surface area (Å²) < 4.78 is 17.5. The largest absolute Gasteiger partial charge is 0.466 e. The highest BCUT2D eigenvalue weighted by Crippen LogP contribution is 2.40. The number of nitrogens with zero attached hydrogens (tertiary/aromatic N) is 1. The number of rotatable bonds is 8. The molecular weight excluding hydrogens is 416 g/mol. The maximum atomic E-state index is 13.1. The maximum Gasteiger partial charge on any atom is 0.350 e. The third-order valence-electron chi connectivity index (χ3n) is 5.00. The molecule has 3 rings (SSSR count). The first-order valence-corrected chi connectivity index (χ1v) is 9.62. The molecule has 31 heavy (non-hydrogen) atoms. The van der Waals surface area contributed by atoms with Gasteiger partial charge >= 0.3 is 5.97 Å². The van der Waals surface area contributed by atoms with Crippen LogP contribution < -0.4 is 10.1 Å². The summed E-state index contributed by atoms with van der Waals surface area (Å²) in [6.07, 6.45) is 0.531. The number of anilines is 1. The highest BCUT2D eigenvalue weighted by Gasteiger charge is 2.50. The zero-order valence-corrected chi connectivity index (χ0v) is 18.8. The fourth-order valence-corrected chi connectivity index (χ4v) is 3.53. The van der Waals surface area contributed by atoms with Gasteiger partial charge in [-0.2, -0.15) is 0 Å². The van der Waals surface area contributed by atoms with Crippen molar-refractivity contribution in [2.75, 3.05) is 26.6 Å². The zero-order valence-electron chi connectivity index (χ0n) is 18.0. The van der Waals surface area contributed by atoms with E-state index in [9.17, 15) is 4.79 Å². The second-order valence-corrected chi connectivity index (χ2v) is 6.81. The average Bonchev–Trinajstić information content (AvgIpc) is 2.80. The molecule has 6 nitrogen and oxygen atoms in total. The quantitative estimate of drug-likeness (QED) is 0.522. The molecule has 1 N–H and O–H groups in total. The van der Waals surface area contributed by atoms with Crippen molar-refractivity contribution in [3.63, 3.8) is 0 Å². The summed E-state index contributed by atoms with van der Waals surface area (Å²) in [6, 6.07) is 20.9. The molecule has 0 saturated carbocycles. The molecule has 0 saturated heterocycles. The van der Waals surface area contributed by atoms with Crippen LogP contribution in [0.3, 0.4) is 0 Å². The van der Waals surface area contributed by atoms with Crippen molar-refractivity contribution in [2.45, 2.75) is 18.6 Å². The molecule has 0 aliphatic carbocycles. The van der Waals surface area contributed by atoms with Crippen molar-refractivity contribution in [2.24, 2.45) is 0 Å². The second-order valence-electron chi connectivity index (χ2n) is 6.81. The standard InChI is InChI=1S/C24H26N2O4.ClH/c1-17-15-20(25-2)22(26-16-17)30-21(23(27)28-3)24(29-4,18-11-7-5-8-12-18)19-13-9-6-10-14-19;/h5-16,21,25H,1-4H3;1H. The van der Waals surface area contributed by atoms with Crippen LogP contribution in [0.15, 0.2) is 72.9 Å². The van der Waals surface area contributed by atoms with E-state index in [4.69, 9.17) is 14.2 Å². The lowest BCUT2D eigenvalue weighted by atomic mass is 9.81. The summed E-state index contributed by atoms with van der Waals surface area (Å²) in [5.41, 5.74) is 1.88. The van der Waals surface area contributed by atoms with E-state index in [1.807, 2.05) is 73.7 Å². The van der Waals surface area contributed by atoms with Gasteiger partial charge in [-0.3, -0.25) is 0 Å². The van der Waals surface area contributed by atoms with Crippen molar-refractivity contribution in [1.82, 2.24) is 4.98 Å². The number of ether oxygens (including phenoxy) is 3. The number of aromatic nitrogens is 1. The number of aryl methyl sites for hydroxylation is 1. The maximum absolute atomic E-state index is 13.1. The molecule has 0 aliphatic heterocycles. The number of benzene rings is 2. The van der Waals surface area contributed by atoms with Crippen LogP contribution in [-0.2, 0) is 19.9 Å². The Balaban J connectivity index is 0.00000341. The van der Waals surface area contributed by atoms with Gasteiger partial charge < -0.3 is 19.5 Å². The van der Waals surface area contributed by atoms with E-state index in [2.05, 4.69) is 10.3 Å². The van der Waals surface area contributed by atoms with E-state index in [1.54, 1.807) is 20.4 Å². The fraction of sp³-hybridized carbons (Fsp3) is 0.250. The van der Waals surface area contributed by atoms with Crippen LogP contribution in [0.25, 0.3) is 0 Å². The molecule has 1 heterocycles. The van der Waals surface area contributed by atoms with Gasteiger partial charge in [-0.15, -0.1) is 12.4 Å². The first-order chi connectivity index (χ1) is 14.6. The normalized spacial score (nSPS) is 11.7. The van der Waals surface area contributed by atoms with Crippen molar-refractivity contribution in [3.05, 3.63) is 89.6 Å². The van der Waals surface area contributed by atoms with Crippen LogP contribution >= 0.6 is 12.4 Å². The lowest BCUT2D eigenvalue weighted by Crippen LogP contribution is -2.51. The highest BCUT2D eigenvalue weighted by atomic mass is 35.5. The Bertz CT molecular complexity index is 944. The van der Waals surface area contributed by atoms with Gasteiger partial charge in [0.15, 0.2) is 5.60 Å². The summed E-state index contributed by atoms with van der Waals surface area (Å²) in [5.74, 6) is -0.291. The van der Waals surface area contributed by atoms with Gasteiger partial charge in [-0.25, -0.2) is 9.78 Å². The van der Waals surface area contributed by atoms with Crippen LogP contribution in [0.1, 0.15) is 16.7 Å². The minimum Gasteiger partial charge on any atom is -0.466 e. The Kier molecular flexibility index (Phi) is 8.42. The number of hydrogen-bond donors (Lipinski definition) is 1. The Hall–Kier alpha value is -3.09. The van der Waals surface area contributed by atoms with E-state index in [0.29, 0.717) is 5.69 Å². The summed E-state index contributed by atoms with van der Waals surface area (Å²) in [5, 5.41) is 3.07. The van der Waals surface area contributed by atoms with Gasteiger partial charge in [0, 0.05) is 20.4 Å². The van der Waals surface area contributed by atoms with E-state index in [-0.39, 0.29) is 18.3 Å². The molecule has 0 spiro atoms. The minimum absolute atomic E-state index is 0. The first kappa shape index (κ1) is 24.2. The first-order valence-electron chi connectivity index (χ1n) is 9.62. The molecule has 1 aromatic heterocycles. The van der Waals surface area contributed by atoms with Gasteiger partial charge in [0.25, 0.3) is 0 Å². The van der Waals surface area contributed by atoms with Gasteiger partial charge in [-0.1, -0.05) is 60.7 Å². The van der Waals surface area contributed by atoms with Gasteiger partial charge in [0.1, 0.15) is 0 Å². The summed E-state index contributed by atoms with van der Waals surface area (Å²) in [6.45, 7) is 1.93. The van der Waals surface area contributed by atoms with Gasteiger partial charge in [-0.05, 0) is 29.7 Å². The van der Waals surface area contributed by atoms with Crippen molar-refractivity contribution in [3.8, 4) is 5.88 Å². The SMILES string of the molecule is CNc1cc(C)cnc1OC(C(=O)OC)C(OC)(c1ccccc1)c1ccccc1.Cl. The van der Waals surface area contributed by atoms with Gasteiger partial charge in [0.2, 0.25) is 12.0 Å². The lowest BCUT2D eigenvalue weighted by Gasteiger charge is -2.38. The number of carbonyl (C=O) groups is 1. The molecule has 1 unspecified atom stereocenters.